The Morgan fingerprint density at radius 1 is 1.06 bits per heavy atom. The number of imidazole rings is 1. The Balaban J connectivity index is 0.000000709. The zero-order valence-corrected chi connectivity index (χ0v) is 21.8. The average Bonchev–Trinajstić information content (AvgIpc) is 3.33. The maximum atomic E-state index is 12.6. The van der Waals surface area contributed by atoms with Crippen LogP contribution in [0.2, 0.25) is 0 Å². The molecule has 0 N–H and O–H groups in total. The predicted molar refractivity (Wildman–Crippen MR) is 142 cm³/mol. The van der Waals surface area contributed by atoms with Gasteiger partial charge in [0.2, 0.25) is 0 Å². The zero-order valence-electron chi connectivity index (χ0n) is 21.8. The number of aryl methyl sites for hydroxylation is 1. The van der Waals surface area contributed by atoms with Crippen molar-refractivity contribution in [2.45, 2.75) is 76.8 Å². The minimum Gasteiger partial charge on any atom is -0.471 e. The summed E-state index contributed by atoms with van der Waals surface area (Å²) in [6.07, 6.45) is 7.87. The van der Waals surface area contributed by atoms with E-state index in [9.17, 15) is 4.79 Å². The molecule has 2 aromatic carbocycles. The van der Waals surface area contributed by atoms with E-state index >= 15 is 0 Å². The van der Waals surface area contributed by atoms with E-state index in [-0.39, 0.29) is 18.1 Å². The summed E-state index contributed by atoms with van der Waals surface area (Å²) < 4.78 is 11.5. The van der Waals surface area contributed by atoms with E-state index in [4.69, 9.17) is 14.5 Å². The molecule has 1 unspecified atom stereocenters. The van der Waals surface area contributed by atoms with E-state index in [1.807, 2.05) is 0 Å². The molecule has 192 valence electrons. The summed E-state index contributed by atoms with van der Waals surface area (Å²) in [5, 5.41) is 0. The molecule has 36 heavy (non-hydrogen) atoms. The van der Waals surface area contributed by atoms with Crippen LogP contribution in [0, 0.1) is 0 Å². The second-order valence-electron chi connectivity index (χ2n) is 9.75. The van der Waals surface area contributed by atoms with Crippen LogP contribution in [0.4, 0.5) is 10.5 Å². The number of hydrogen-bond donors (Lipinski definition) is 0. The quantitative estimate of drug-likeness (QED) is 0.395. The molecule has 2 aliphatic rings. The van der Waals surface area contributed by atoms with Gasteiger partial charge in [-0.05, 0) is 50.3 Å². The van der Waals surface area contributed by atoms with Crippen LogP contribution < -0.4 is 4.90 Å². The lowest BCUT2D eigenvalue weighted by Crippen LogP contribution is -2.42. The molecule has 1 fully saturated rings. The molecule has 0 spiro atoms. The molecule has 0 saturated heterocycles. The highest BCUT2D eigenvalue weighted by Gasteiger charge is 2.33. The molecule has 7 nitrogen and oxygen atoms in total. The Morgan fingerprint density at radius 3 is 2.39 bits per heavy atom. The van der Waals surface area contributed by atoms with Crippen molar-refractivity contribution in [2.75, 3.05) is 19.1 Å². The fourth-order valence-electron chi connectivity index (χ4n) is 5.71. The fourth-order valence-corrected chi connectivity index (χ4v) is 5.71. The summed E-state index contributed by atoms with van der Waals surface area (Å²) in [7, 11) is 2.77. The van der Waals surface area contributed by atoms with Crippen molar-refractivity contribution < 1.29 is 19.1 Å². The normalized spacial score (nSPS) is 18.6. The van der Waals surface area contributed by atoms with Crippen molar-refractivity contribution in [1.29, 1.82) is 0 Å². The number of aromatic nitrogens is 2. The Bertz CT molecular complexity index is 1180. The molecule has 1 aromatic heterocycles. The number of hydrogen-bond acceptors (Lipinski definition) is 5. The third-order valence-corrected chi connectivity index (χ3v) is 7.58. The van der Waals surface area contributed by atoms with Crippen molar-refractivity contribution in [1.82, 2.24) is 9.55 Å². The van der Waals surface area contributed by atoms with Crippen LogP contribution in [-0.2, 0) is 20.7 Å². The number of benzene rings is 2. The van der Waals surface area contributed by atoms with Gasteiger partial charge in [0, 0.05) is 23.6 Å². The first kappa shape index (κ1) is 25.7. The highest BCUT2D eigenvalue weighted by molar-refractivity contribution is 5.95. The minimum atomic E-state index is -0.289. The molecule has 0 radical (unpaired) electrons. The first-order valence-corrected chi connectivity index (χ1v) is 12.9. The van der Waals surface area contributed by atoms with Gasteiger partial charge in [0.05, 0.1) is 30.9 Å². The van der Waals surface area contributed by atoms with Crippen LogP contribution in [-0.4, -0.2) is 42.4 Å². The lowest BCUT2D eigenvalue weighted by atomic mass is 9.93. The number of anilines is 1. The van der Waals surface area contributed by atoms with Crippen LogP contribution in [0.15, 0.2) is 42.5 Å². The largest absolute Gasteiger partial charge is 0.471 e. The Hall–Kier alpha value is -3.35. The van der Waals surface area contributed by atoms with Crippen LogP contribution in [0.25, 0.3) is 11.0 Å². The number of carbonyl (C=O) groups is 2. The van der Waals surface area contributed by atoms with Gasteiger partial charge in [-0.3, -0.25) is 9.69 Å². The summed E-state index contributed by atoms with van der Waals surface area (Å²) >= 11 is 0. The van der Waals surface area contributed by atoms with Gasteiger partial charge in [-0.2, -0.15) is 0 Å². The smallest absolute Gasteiger partial charge is 0.414 e. The van der Waals surface area contributed by atoms with Crippen molar-refractivity contribution in [3.63, 3.8) is 0 Å². The molecular formula is C29H37N3O4. The van der Waals surface area contributed by atoms with E-state index in [2.05, 4.69) is 65.6 Å². The topological polar surface area (TPSA) is 73.7 Å². The number of nitrogens with zero attached hydrogens (tertiary/aromatic N) is 3. The number of amides is 1. The first-order chi connectivity index (χ1) is 17.5. The SMILES string of the molecule is COC(=O)N1c2ccc3c(nc(C(C)c4ccccc4)n3C3CCCCC3)c2CC[C@@H]1C.COC=O. The highest BCUT2D eigenvalue weighted by Crippen LogP contribution is 2.41. The molecule has 3 aromatic rings. The van der Waals surface area contributed by atoms with Crippen molar-refractivity contribution in [3.05, 3.63) is 59.4 Å². The number of carbonyl (C=O) groups excluding carboxylic acids is 2. The zero-order chi connectivity index (χ0) is 25.7. The van der Waals surface area contributed by atoms with E-state index in [1.165, 1.54) is 63.0 Å². The molecular weight excluding hydrogens is 454 g/mol. The number of fused-ring (bicyclic) bond motifs is 3. The molecule has 7 heteroatoms. The molecule has 1 saturated carbocycles. The summed E-state index contributed by atoms with van der Waals surface area (Å²) in [4.78, 5) is 28.6. The van der Waals surface area contributed by atoms with Crippen molar-refractivity contribution >= 4 is 29.3 Å². The van der Waals surface area contributed by atoms with E-state index in [0.717, 1.165) is 29.9 Å². The standard InChI is InChI=1S/C27H33N3O2.C2H4O2/c1-18-14-15-22-23(29(18)27(31)32-3)16-17-24-25(22)28-26(19(2)20-10-6-4-7-11-20)30(24)21-12-8-5-9-13-21;1-4-2-3/h4,6-7,10-11,16-19,21H,5,8-9,12-15H2,1-3H3;2H,1H3/t18-,19?;/m0./s1. The molecule has 1 aliphatic heterocycles. The number of ether oxygens (including phenoxy) is 2. The van der Waals surface area contributed by atoms with Crippen LogP contribution >= 0.6 is 0 Å². The summed E-state index contributed by atoms with van der Waals surface area (Å²) in [5.41, 5.74) is 5.70. The first-order valence-electron chi connectivity index (χ1n) is 12.9. The van der Waals surface area contributed by atoms with Gasteiger partial charge in [-0.25, -0.2) is 9.78 Å². The van der Waals surface area contributed by atoms with Gasteiger partial charge in [0.15, 0.2) is 0 Å². The van der Waals surface area contributed by atoms with Crippen LogP contribution in [0.1, 0.15) is 81.3 Å². The van der Waals surface area contributed by atoms with Crippen molar-refractivity contribution in [2.24, 2.45) is 0 Å². The lowest BCUT2D eigenvalue weighted by molar-refractivity contribution is -0.126. The molecule has 1 aliphatic carbocycles. The van der Waals surface area contributed by atoms with Gasteiger partial charge in [-0.15, -0.1) is 0 Å². The molecule has 2 heterocycles. The van der Waals surface area contributed by atoms with Crippen molar-refractivity contribution in [3.8, 4) is 0 Å². The van der Waals surface area contributed by atoms with Gasteiger partial charge in [0.1, 0.15) is 5.82 Å². The lowest BCUT2D eigenvalue weighted by Gasteiger charge is -2.34. The average molecular weight is 492 g/mol. The van der Waals surface area contributed by atoms with E-state index in [0.29, 0.717) is 12.5 Å². The Kier molecular flexibility index (Phi) is 8.28. The summed E-state index contributed by atoms with van der Waals surface area (Å²) in [6.45, 7) is 4.73. The van der Waals surface area contributed by atoms with Gasteiger partial charge in [0.25, 0.3) is 6.47 Å². The summed E-state index contributed by atoms with van der Waals surface area (Å²) in [6, 6.07) is 15.6. The minimum absolute atomic E-state index is 0.121. The molecule has 2 atom stereocenters. The fraction of sp³-hybridized carbons (Fsp3) is 0.483. The van der Waals surface area contributed by atoms with E-state index < -0.39 is 0 Å². The summed E-state index contributed by atoms with van der Waals surface area (Å²) in [5.74, 6) is 1.36. The highest BCUT2D eigenvalue weighted by atomic mass is 16.5. The van der Waals surface area contributed by atoms with E-state index in [1.54, 1.807) is 4.90 Å². The van der Waals surface area contributed by atoms with Gasteiger partial charge >= 0.3 is 6.09 Å². The number of methoxy groups -OCH3 is 2. The molecule has 1 amide bonds. The number of rotatable bonds is 4. The predicted octanol–water partition coefficient (Wildman–Crippen LogP) is 6.39. The molecule has 0 bridgehead atoms. The Labute approximate surface area is 213 Å². The second kappa shape index (κ2) is 11.6. The second-order valence-corrected chi connectivity index (χ2v) is 9.75. The monoisotopic (exact) mass is 491 g/mol. The van der Waals surface area contributed by atoms with Gasteiger partial charge in [-0.1, -0.05) is 56.5 Å². The Morgan fingerprint density at radius 2 is 1.75 bits per heavy atom. The maximum Gasteiger partial charge on any atom is 0.414 e. The third-order valence-electron chi connectivity index (χ3n) is 7.58. The van der Waals surface area contributed by atoms with Crippen LogP contribution in [0.3, 0.4) is 0 Å². The third kappa shape index (κ3) is 4.97. The van der Waals surface area contributed by atoms with Crippen LogP contribution in [0.5, 0.6) is 0 Å². The molecule has 5 rings (SSSR count). The van der Waals surface area contributed by atoms with Gasteiger partial charge < -0.3 is 14.0 Å². The maximum absolute atomic E-state index is 12.6.